The highest BCUT2D eigenvalue weighted by Crippen LogP contribution is 2.23. The van der Waals surface area contributed by atoms with Gasteiger partial charge in [-0.05, 0) is 60.1 Å². The molecule has 2 aromatic rings. The second kappa shape index (κ2) is 7.10. The summed E-state index contributed by atoms with van der Waals surface area (Å²) in [6.45, 7) is 2.27. The molecule has 1 atom stereocenters. The Morgan fingerprint density at radius 3 is 2.29 bits per heavy atom. The van der Waals surface area contributed by atoms with Crippen molar-refractivity contribution in [3.63, 3.8) is 0 Å². The predicted octanol–water partition coefficient (Wildman–Crippen LogP) is 4.29. The molecule has 1 N–H and O–H groups in total. The highest BCUT2D eigenvalue weighted by Gasteiger charge is 2.16. The van der Waals surface area contributed by atoms with Crippen LogP contribution in [0.2, 0.25) is 0 Å². The minimum absolute atomic E-state index is 0.421. The Labute approximate surface area is 131 Å². The van der Waals surface area contributed by atoms with E-state index in [1.165, 1.54) is 41.0 Å². The van der Waals surface area contributed by atoms with Gasteiger partial charge in [-0.1, -0.05) is 24.3 Å². The molecule has 0 spiro atoms. The zero-order valence-electron chi connectivity index (χ0n) is 12.5. The van der Waals surface area contributed by atoms with Gasteiger partial charge in [0.15, 0.2) is 0 Å². The van der Waals surface area contributed by atoms with Gasteiger partial charge in [-0.3, -0.25) is 4.98 Å². The first-order valence-electron chi connectivity index (χ1n) is 7.67. The smallest absolute Gasteiger partial charge is 0.0294 e. The Balaban J connectivity index is 1.66. The molecular formula is C18H22N2S. The minimum atomic E-state index is 0.421. The van der Waals surface area contributed by atoms with Crippen molar-refractivity contribution in [2.45, 2.75) is 31.8 Å². The molecule has 1 aromatic heterocycles. The largest absolute Gasteiger partial charge is 0.307 e. The lowest BCUT2D eigenvalue weighted by Crippen LogP contribution is -2.34. The fraction of sp³-hybridized carbons (Fsp3) is 0.389. The lowest BCUT2D eigenvalue weighted by molar-refractivity contribution is 0.431. The van der Waals surface area contributed by atoms with Gasteiger partial charge in [0.25, 0.3) is 0 Å². The molecule has 3 rings (SSSR count). The van der Waals surface area contributed by atoms with Gasteiger partial charge in [0.2, 0.25) is 0 Å². The molecule has 0 aliphatic carbocycles. The van der Waals surface area contributed by atoms with E-state index in [9.17, 15) is 0 Å². The van der Waals surface area contributed by atoms with Gasteiger partial charge in [-0.25, -0.2) is 0 Å². The summed E-state index contributed by atoms with van der Waals surface area (Å²) < 4.78 is 0. The molecule has 0 radical (unpaired) electrons. The van der Waals surface area contributed by atoms with Crippen LogP contribution in [-0.4, -0.2) is 22.5 Å². The minimum Gasteiger partial charge on any atom is -0.307 e. The van der Waals surface area contributed by atoms with E-state index in [0.717, 1.165) is 0 Å². The number of thioether (sulfide) groups is 1. The van der Waals surface area contributed by atoms with Crippen molar-refractivity contribution in [1.29, 1.82) is 0 Å². The molecule has 1 aliphatic rings. The molecule has 1 unspecified atom stereocenters. The number of nitrogens with zero attached hydrogens (tertiary/aromatic N) is 1. The van der Waals surface area contributed by atoms with Gasteiger partial charge in [-0.2, -0.15) is 11.8 Å². The first-order chi connectivity index (χ1) is 10.3. The van der Waals surface area contributed by atoms with Crippen LogP contribution in [0.1, 0.15) is 31.4 Å². The van der Waals surface area contributed by atoms with Crippen LogP contribution < -0.4 is 5.32 Å². The van der Waals surface area contributed by atoms with Gasteiger partial charge < -0.3 is 5.32 Å². The van der Waals surface area contributed by atoms with E-state index in [4.69, 9.17) is 0 Å². The van der Waals surface area contributed by atoms with E-state index in [1.807, 2.05) is 12.4 Å². The summed E-state index contributed by atoms with van der Waals surface area (Å²) in [5.41, 5.74) is 3.84. The fourth-order valence-corrected chi connectivity index (χ4v) is 3.93. The van der Waals surface area contributed by atoms with Crippen molar-refractivity contribution in [2.24, 2.45) is 0 Å². The maximum absolute atomic E-state index is 4.07. The van der Waals surface area contributed by atoms with Gasteiger partial charge >= 0.3 is 0 Å². The molecule has 2 heterocycles. The maximum atomic E-state index is 4.07. The van der Waals surface area contributed by atoms with Gasteiger partial charge in [0.1, 0.15) is 0 Å². The molecule has 0 amide bonds. The Morgan fingerprint density at radius 1 is 1.00 bits per heavy atom. The quantitative estimate of drug-likeness (QED) is 0.911. The van der Waals surface area contributed by atoms with Gasteiger partial charge in [0.05, 0.1) is 0 Å². The number of hydrogen-bond acceptors (Lipinski definition) is 3. The van der Waals surface area contributed by atoms with Gasteiger partial charge in [0, 0.05) is 24.5 Å². The molecule has 1 aliphatic heterocycles. The molecule has 110 valence electrons. The first kappa shape index (κ1) is 14.6. The fourth-order valence-electron chi connectivity index (χ4n) is 2.82. The normalized spacial score (nSPS) is 17.6. The summed E-state index contributed by atoms with van der Waals surface area (Å²) in [5, 5.41) is 3.77. The van der Waals surface area contributed by atoms with Crippen LogP contribution in [0.4, 0.5) is 0 Å². The number of nitrogens with one attached hydrogen (secondary N) is 1. The average Bonchev–Trinajstić information content (AvgIpc) is 2.57. The van der Waals surface area contributed by atoms with E-state index in [-0.39, 0.29) is 0 Å². The van der Waals surface area contributed by atoms with Crippen LogP contribution in [0.3, 0.4) is 0 Å². The average molecular weight is 298 g/mol. The maximum Gasteiger partial charge on any atom is 0.0294 e. The molecule has 0 bridgehead atoms. The summed E-state index contributed by atoms with van der Waals surface area (Å²) in [4.78, 5) is 4.07. The van der Waals surface area contributed by atoms with E-state index >= 15 is 0 Å². The Hall–Kier alpha value is -1.32. The Bertz CT molecular complexity index is 547. The van der Waals surface area contributed by atoms with Crippen molar-refractivity contribution in [1.82, 2.24) is 10.3 Å². The Kier molecular flexibility index (Phi) is 4.94. The highest BCUT2D eigenvalue weighted by atomic mass is 32.2. The first-order valence-corrected chi connectivity index (χ1v) is 8.82. The highest BCUT2D eigenvalue weighted by molar-refractivity contribution is 7.99. The molecule has 0 saturated carbocycles. The second-order valence-corrected chi connectivity index (χ2v) is 6.86. The zero-order chi connectivity index (χ0) is 14.5. The number of benzene rings is 1. The van der Waals surface area contributed by atoms with E-state index in [1.54, 1.807) is 0 Å². The van der Waals surface area contributed by atoms with E-state index in [2.05, 4.69) is 65.4 Å². The SMILES string of the molecule is CC(NC1CCSCC1)c1ccc(-c2ccncc2)cc1. The topological polar surface area (TPSA) is 24.9 Å². The lowest BCUT2D eigenvalue weighted by atomic mass is 10.0. The molecule has 1 saturated heterocycles. The van der Waals surface area contributed by atoms with Crippen molar-refractivity contribution >= 4 is 11.8 Å². The summed E-state index contributed by atoms with van der Waals surface area (Å²) in [6, 6.07) is 14.1. The second-order valence-electron chi connectivity index (χ2n) is 5.63. The van der Waals surface area contributed by atoms with E-state index < -0.39 is 0 Å². The number of rotatable bonds is 4. The summed E-state index contributed by atoms with van der Waals surface area (Å²) in [6.07, 6.45) is 6.28. The third-order valence-electron chi connectivity index (χ3n) is 4.13. The third kappa shape index (κ3) is 3.86. The van der Waals surface area contributed by atoms with Gasteiger partial charge in [-0.15, -0.1) is 0 Å². The molecule has 1 fully saturated rings. The van der Waals surface area contributed by atoms with Crippen LogP contribution in [0.15, 0.2) is 48.8 Å². The number of pyridine rings is 1. The van der Waals surface area contributed by atoms with Crippen LogP contribution in [0.5, 0.6) is 0 Å². The van der Waals surface area contributed by atoms with Crippen molar-refractivity contribution in [3.8, 4) is 11.1 Å². The number of hydrogen-bond donors (Lipinski definition) is 1. The molecule has 3 heteroatoms. The summed E-state index contributed by atoms with van der Waals surface area (Å²) in [7, 11) is 0. The van der Waals surface area contributed by atoms with Crippen LogP contribution in [0, 0.1) is 0 Å². The molecular weight excluding hydrogens is 276 g/mol. The standard InChI is InChI=1S/C18H22N2S/c1-14(20-18-8-12-21-13-9-18)15-2-4-16(5-3-15)17-6-10-19-11-7-17/h2-7,10-11,14,18,20H,8-9,12-13H2,1H3. The van der Waals surface area contributed by atoms with Crippen LogP contribution in [0.25, 0.3) is 11.1 Å². The lowest BCUT2D eigenvalue weighted by Gasteiger charge is -2.26. The monoisotopic (exact) mass is 298 g/mol. The third-order valence-corrected chi connectivity index (χ3v) is 5.18. The summed E-state index contributed by atoms with van der Waals surface area (Å²) >= 11 is 2.08. The van der Waals surface area contributed by atoms with Crippen molar-refractivity contribution < 1.29 is 0 Å². The van der Waals surface area contributed by atoms with Crippen LogP contribution >= 0.6 is 11.8 Å². The zero-order valence-corrected chi connectivity index (χ0v) is 13.3. The molecule has 21 heavy (non-hydrogen) atoms. The predicted molar refractivity (Wildman–Crippen MR) is 91.6 cm³/mol. The Morgan fingerprint density at radius 2 is 1.62 bits per heavy atom. The molecule has 2 nitrogen and oxygen atoms in total. The van der Waals surface area contributed by atoms with Crippen LogP contribution in [-0.2, 0) is 0 Å². The number of aromatic nitrogens is 1. The molecule has 1 aromatic carbocycles. The van der Waals surface area contributed by atoms with E-state index in [0.29, 0.717) is 12.1 Å². The van der Waals surface area contributed by atoms with Crippen molar-refractivity contribution in [2.75, 3.05) is 11.5 Å². The summed E-state index contributed by atoms with van der Waals surface area (Å²) in [5.74, 6) is 2.59. The van der Waals surface area contributed by atoms with Crippen molar-refractivity contribution in [3.05, 3.63) is 54.4 Å².